The van der Waals surface area contributed by atoms with Crippen LogP contribution in [0.15, 0.2) is 30.3 Å². The van der Waals surface area contributed by atoms with Crippen molar-refractivity contribution in [2.45, 2.75) is 19.9 Å². The maximum absolute atomic E-state index is 13.5. The number of nitrogens with zero attached hydrogens (tertiary/aromatic N) is 1. The van der Waals surface area contributed by atoms with Gasteiger partial charge in [0.25, 0.3) is 0 Å². The summed E-state index contributed by atoms with van der Waals surface area (Å²) in [5.74, 6) is -1.21. The van der Waals surface area contributed by atoms with Gasteiger partial charge in [0.05, 0.1) is 10.9 Å². The Balaban J connectivity index is 1.84. The van der Waals surface area contributed by atoms with Crippen molar-refractivity contribution in [3.05, 3.63) is 56.7 Å². The zero-order valence-corrected chi connectivity index (χ0v) is 14.2. The third kappa shape index (κ3) is 5.18. The van der Waals surface area contributed by atoms with E-state index in [0.29, 0.717) is 29.4 Å². The second-order valence-corrected chi connectivity index (χ2v) is 6.74. The minimum Gasteiger partial charge on any atom is -0.338 e. The molecule has 3 nitrogen and oxygen atoms in total. The summed E-state index contributed by atoms with van der Waals surface area (Å²) in [5.41, 5.74) is 0.375. The molecule has 1 N–H and O–H groups in total. The van der Waals surface area contributed by atoms with Crippen LogP contribution in [0.3, 0.4) is 0 Å². The molecule has 1 aromatic heterocycles. The summed E-state index contributed by atoms with van der Waals surface area (Å²) in [6.07, 6.45) is 0.306. The molecular weight excluding hydrogens is 342 g/mol. The molecule has 0 aliphatic heterocycles. The highest BCUT2D eigenvalue weighted by molar-refractivity contribution is 7.16. The number of rotatable bonds is 6. The lowest BCUT2D eigenvalue weighted by Gasteiger charge is -2.20. The second-order valence-electron chi connectivity index (χ2n) is 4.94. The summed E-state index contributed by atoms with van der Waals surface area (Å²) in [6.45, 7) is 3.19. The molecule has 0 saturated carbocycles. The van der Waals surface area contributed by atoms with Gasteiger partial charge in [0.1, 0.15) is 11.6 Å². The van der Waals surface area contributed by atoms with E-state index < -0.39 is 11.6 Å². The van der Waals surface area contributed by atoms with Gasteiger partial charge in [-0.25, -0.2) is 13.6 Å². The number of urea groups is 1. The molecule has 1 aromatic carbocycles. The first-order chi connectivity index (χ1) is 11.0. The topological polar surface area (TPSA) is 32.3 Å². The predicted molar refractivity (Wildman–Crippen MR) is 88.9 cm³/mol. The largest absolute Gasteiger partial charge is 0.338 e. The fourth-order valence-corrected chi connectivity index (χ4v) is 3.20. The van der Waals surface area contributed by atoms with Crippen LogP contribution >= 0.6 is 22.9 Å². The van der Waals surface area contributed by atoms with E-state index >= 15 is 0 Å². The van der Waals surface area contributed by atoms with Gasteiger partial charge in [0.15, 0.2) is 0 Å². The van der Waals surface area contributed by atoms with Crippen molar-refractivity contribution < 1.29 is 13.6 Å². The van der Waals surface area contributed by atoms with Crippen molar-refractivity contribution in [1.82, 2.24) is 10.2 Å². The fourth-order valence-electron chi connectivity index (χ4n) is 2.09. The van der Waals surface area contributed by atoms with Crippen LogP contribution in [0.2, 0.25) is 4.34 Å². The van der Waals surface area contributed by atoms with Crippen LogP contribution in [0.1, 0.15) is 17.4 Å². The molecule has 0 fully saturated rings. The van der Waals surface area contributed by atoms with Crippen molar-refractivity contribution in [2.24, 2.45) is 0 Å². The van der Waals surface area contributed by atoms with Crippen molar-refractivity contribution >= 4 is 29.0 Å². The first kappa shape index (κ1) is 17.7. The van der Waals surface area contributed by atoms with Gasteiger partial charge < -0.3 is 10.2 Å². The molecule has 0 aliphatic rings. The number of benzene rings is 1. The fraction of sp³-hybridized carbons (Fsp3) is 0.312. The highest BCUT2D eigenvalue weighted by Crippen LogP contribution is 2.22. The molecular formula is C16H17ClF2N2OS. The van der Waals surface area contributed by atoms with Gasteiger partial charge in [0.2, 0.25) is 0 Å². The normalized spacial score (nSPS) is 10.6. The van der Waals surface area contributed by atoms with Gasteiger partial charge in [-0.15, -0.1) is 11.3 Å². The Morgan fingerprint density at radius 3 is 2.70 bits per heavy atom. The summed E-state index contributed by atoms with van der Waals surface area (Å²) >= 11 is 7.31. The first-order valence-electron chi connectivity index (χ1n) is 7.20. The van der Waals surface area contributed by atoms with Gasteiger partial charge in [0, 0.05) is 24.0 Å². The summed E-state index contributed by atoms with van der Waals surface area (Å²) in [7, 11) is 0. The Labute approximate surface area is 142 Å². The number of carbonyl (C=O) groups excluding carboxylic acids is 1. The Hall–Kier alpha value is -1.66. The summed E-state index contributed by atoms with van der Waals surface area (Å²) in [5, 5.41) is 2.75. The lowest BCUT2D eigenvalue weighted by atomic mass is 10.1. The highest BCUT2D eigenvalue weighted by atomic mass is 35.5. The first-order valence-corrected chi connectivity index (χ1v) is 8.40. The van der Waals surface area contributed by atoms with Gasteiger partial charge in [-0.2, -0.15) is 0 Å². The summed E-state index contributed by atoms with van der Waals surface area (Å²) < 4.78 is 27.0. The number of hydrogen-bond acceptors (Lipinski definition) is 2. The van der Waals surface area contributed by atoms with Crippen molar-refractivity contribution in [2.75, 3.05) is 13.1 Å². The summed E-state index contributed by atoms with van der Waals surface area (Å²) in [6, 6.07) is 6.90. The Morgan fingerprint density at radius 1 is 1.30 bits per heavy atom. The third-order valence-electron chi connectivity index (χ3n) is 3.33. The van der Waals surface area contributed by atoms with Gasteiger partial charge in [-0.3, -0.25) is 0 Å². The number of thiophene rings is 1. The van der Waals surface area contributed by atoms with E-state index in [4.69, 9.17) is 11.6 Å². The van der Waals surface area contributed by atoms with Crippen molar-refractivity contribution in [3.63, 3.8) is 0 Å². The maximum Gasteiger partial charge on any atom is 0.317 e. The van der Waals surface area contributed by atoms with Crippen LogP contribution in [0, 0.1) is 11.6 Å². The molecule has 0 bridgehead atoms. The van der Waals surface area contributed by atoms with Crippen LogP contribution in [-0.4, -0.2) is 24.0 Å². The molecule has 0 spiro atoms. The number of amides is 2. The molecule has 23 heavy (non-hydrogen) atoms. The van der Waals surface area contributed by atoms with E-state index in [-0.39, 0.29) is 12.6 Å². The molecule has 0 unspecified atom stereocenters. The Morgan fingerprint density at radius 2 is 2.09 bits per heavy atom. The van der Waals surface area contributed by atoms with Crippen LogP contribution in [-0.2, 0) is 13.0 Å². The quantitative estimate of drug-likeness (QED) is 0.812. The highest BCUT2D eigenvalue weighted by Gasteiger charge is 2.13. The Kier molecular flexibility index (Phi) is 6.36. The summed E-state index contributed by atoms with van der Waals surface area (Å²) in [4.78, 5) is 14.8. The predicted octanol–water partition coefficient (Wildman–Crippen LogP) is 4.45. The SMILES string of the molecule is CCN(Cc1ccc(Cl)s1)C(=O)NCCc1ccc(F)cc1F. The van der Waals surface area contributed by atoms with E-state index in [1.54, 1.807) is 11.0 Å². The van der Waals surface area contributed by atoms with Crippen molar-refractivity contribution in [3.8, 4) is 0 Å². The molecule has 0 atom stereocenters. The van der Waals surface area contributed by atoms with Gasteiger partial charge in [-0.1, -0.05) is 17.7 Å². The van der Waals surface area contributed by atoms with E-state index in [1.165, 1.54) is 23.5 Å². The average molecular weight is 359 g/mol. The maximum atomic E-state index is 13.5. The second kappa shape index (κ2) is 8.26. The molecule has 0 saturated heterocycles. The molecule has 0 aliphatic carbocycles. The minimum atomic E-state index is -0.609. The number of nitrogens with one attached hydrogen (secondary N) is 1. The lowest BCUT2D eigenvalue weighted by Crippen LogP contribution is -2.40. The van der Waals surface area contributed by atoms with E-state index in [2.05, 4.69) is 5.32 Å². The van der Waals surface area contributed by atoms with Crippen LogP contribution < -0.4 is 5.32 Å². The Bertz CT molecular complexity index is 678. The standard InChI is InChI=1S/C16H17ClF2N2OS/c1-2-21(10-13-5-6-15(17)23-13)16(22)20-8-7-11-3-4-12(18)9-14(11)19/h3-6,9H,2,7-8,10H2,1H3,(H,20,22). The number of carbonyl (C=O) groups is 1. The van der Waals surface area contributed by atoms with Crippen molar-refractivity contribution in [1.29, 1.82) is 0 Å². The van der Waals surface area contributed by atoms with E-state index in [1.807, 2.05) is 13.0 Å². The van der Waals surface area contributed by atoms with Crippen LogP contribution in [0.5, 0.6) is 0 Å². The average Bonchev–Trinajstić information content (AvgIpc) is 2.92. The zero-order chi connectivity index (χ0) is 16.8. The van der Waals surface area contributed by atoms with Gasteiger partial charge >= 0.3 is 6.03 Å². The molecule has 124 valence electrons. The van der Waals surface area contributed by atoms with E-state index in [0.717, 1.165) is 10.9 Å². The molecule has 7 heteroatoms. The van der Waals surface area contributed by atoms with Gasteiger partial charge in [-0.05, 0) is 37.1 Å². The lowest BCUT2D eigenvalue weighted by molar-refractivity contribution is 0.198. The van der Waals surface area contributed by atoms with E-state index in [9.17, 15) is 13.6 Å². The molecule has 0 radical (unpaired) electrons. The molecule has 2 rings (SSSR count). The zero-order valence-electron chi connectivity index (χ0n) is 12.6. The molecule has 2 amide bonds. The minimum absolute atomic E-state index is 0.223. The third-order valence-corrected chi connectivity index (χ3v) is 4.55. The number of halogens is 3. The monoisotopic (exact) mass is 358 g/mol. The molecule has 1 heterocycles. The number of hydrogen-bond donors (Lipinski definition) is 1. The smallest absolute Gasteiger partial charge is 0.317 e. The van der Waals surface area contributed by atoms with Crippen LogP contribution in [0.25, 0.3) is 0 Å². The molecule has 2 aromatic rings. The van der Waals surface area contributed by atoms with Crippen LogP contribution in [0.4, 0.5) is 13.6 Å².